The molecule has 3 rings (SSSR count). The molecule has 0 unspecified atom stereocenters. The number of nitro benzene ring substituents is 1. The molecule has 0 spiro atoms. The molecule has 0 aliphatic carbocycles. The molecule has 0 radical (unpaired) electrons. The summed E-state index contributed by atoms with van der Waals surface area (Å²) in [4.78, 5) is 23.6. The molecule has 0 atom stereocenters. The van der Waals surface area contributed by atoms with Gasteiger partial charge in [-0.2, -0.15) is 0 Å². The third-order valence-electron chi connectivity index (χ3n) is 3.88. The SMILES string of the molecule is Cc1ccccc1COC(=O)c1ccc(Sc2nncn2C)c([N+](=O)[O-])c1. The fourth-order valence-corrected chi connectivity index (χ4v) is 3.19. The van der Waals surface area contributed by atoms with Crippen molar-refractivity contribution in [2.24, 2.45) is 7.05 Å². The average molecular weight is 384 g/mol. The first-order valence-electron chi connectivity index (χ1n) is 7.97. The van der Waals surface area contributed by atoms with E-state index in [-0.39, 0.29) is 17.9 Å². The van der Waals surface area contributed by atoms with Gasteiger partial charge in [-0.3, -0.25) is 10.1 Å². The smallest absolute Gasteiger partial charge is 0.338 e. The summed E-state index contributed by atoms with van der Waals surface area (Å²) in [5.74, 6) is -0.614. The summed E-state index contributed by atoms with van der Waals surface area (Å²) in [7, 11) is 1.74. The lowest BCUT2D eigenvalue weighted by molar-refractivity contribution is -0.387. The number of hydrogen-bond donors (Lipinski definition) is 0. The summed E-state index contributed by atoms with van der Waals surface area (Å²) in [5.41, 5.74) is 1.83. The second-order valence-corrected chi connectivity index (χ2v) is 6.78. The molecule has 0 saturated carbocycles. The van der Waals surface area contributed by atoms with Gasteiger partial charge in [0.15, 0.2) is 5.16 Å². The molecule has 3 aromatic rings. The molecule has 1 heterocycles. The molecule has 8 nitrogen and oxygen atoms in total. The molecule has 27 heavy (non-hydrogen) atoms. The summed E-state index contributed by atoms with van der Waals surface area (Å²) >= 11 is 1.10. The minimum atomic E-state index is -0.614. The van der Waals surface area contributed by atoms with Gasteiger partial charge < -0.3 is 9.30 Å². The van der Waals surface area contributed by atoms with Crippen LogP contribution in [-0.2, 0) is 18.4 Å². The van der Waals surface area contributed by atoms with Crippen molar-refractivity contribution < 1.29 is 14.5 Å². The first kappa shape index (κ1) is 18.6. The Kier molecular flexibility index (Phi) is 5.51. The molecule has 1 aromatic heterocycles. The lowest BCUT2D eigenvalue weighted by Crippen LogP contribution is -2.07. The van der Waals surface area contributed by atoms with Crippen LogP contribution in [0.1, 0.15) is 21.5 Å². The Bertz CT molecular complexity index is 1000. The van der Waals surface area contributed by atoms with E-state index in [2.05, 4.69) is 10.2 Å². The Labute approximate surface area is 159 Å². The van der Waals surface area contributed by atoms with Gasteiger partial charge in [0.1, 0.15) is 12.9 Å². The fourth-order valence-electron chi connectivity index (χ4n) is 2.34. The molecule has 0 saturated heterocycles. The Hall–Kier alpha value is -3.20. The maximum atomic E-state index is 12.3. The maximum absolute atomic E-state index is 12.3. The van der Waals surface area contributed by atoms with Gasteiger partial charge in [0.2, 0.25) is 0 Å². The van der Waals surface area contributed by atoms with Gasteiger partial charge in [0.05, 0.1) is 15.4 Å². The molecule has 0 bridgehead atoms. The minimum Gasteiger partial charge on any atom is -0.457 e. The number of nitrogens with zero attached hydrogens (tertiary/aromatic N) is 4. The van der Waals surface area contributed by atoms with Crippen LogP contribution in [0.4, 0.5) is 5.69 Å². The van der Waals surface area contributed by atoms with Gasteiger partial charge in [-0.05, 0) is 41.9 Å². The lowest BCUT2D eigenvalue weighted by atomic mass is 10.1. The molecule has 0 aliphatic heterocycles. The molecule has 138 valence electrons. The van der Waals surface area contributed by atoms with E-state index in [4.69, 9.17) is 4.74 Å². The lowest BCUT2D eigenvalue weighted by Gasteiger charge is -2.08. The van der Waals surface area contributed by atoms with Crippen molar-refractivity contribution in [3.8, 4) is 0 Å². The Morgan fingerprint density at radius 2 is 2.07 bits per heavy atom. The highest BCUT2D eigenvalue weighted by Gasteiger charge is 2.20. The summed E-state index contributed by atoms with van der Waals surface area (Å²) < 4.78 is 6.95. The summed E-state index contributed by atoms with van der Waals surface area (Å²) in [6, 6.07) is 11.8. The van der Waals surface area contributed by atoms with Crippen LogP contribution in [0, 0.1) is 17.0 Å². The number of benzene rings is 2. The van der Waals surface area contributed by atoms with Crippen LogP contribution < -0.4 is 0 Å². The third-order valence-corrected chi connectivity index (χ3v) is 5.00. The van der Waals surface area contributed by atoms with E-state index in [0.717, 1.165) is 22.9 Å². The number of carbonyl (C=O) groups is 1. The van der Waals surface area contributed by atoms with Gasteiger partial charge in [0.25, 0.3) is 5.69 Å². The fraction of sp³-hybridized carbons (Fsp3) is 0.167. The summed E-state index contributed by atoms with van der Waals surface area (Å²) in [6.45, 7) is 2.03. The van der Waals surface area contributed by atoms with Crippen LogP contribution in [0.5, 0.6) is 0 Å². The number of aromatic nitrogens is 3. The molecule has 0 fully saturated rings. The Morgan fingerprint density at radius 1 is 1.30 bits per heavy atom. The van der Waals surface area contributed by atoms with Crippen LogP contribution >= 0.6 is 11.8 Å². The summed E-state index contributed by atoms with van der Waals surface area (Å²) in [6.07, 6.45) is 1.51. The Morgan fingerprint density at radius 3 is 2.74 bits per heavy atom. The highest BCUT2D eigenvalue weighted by Crippen LogP contribution is 2.34. The van der Waals surface area contributed by atoms with E-state index in [1.165, 1.54) is 24.5 Å². The van der Waals surface area contributed by atoms with E-state index >= 15 is 0 Å². The highest BCUT2D eigenvalue weighted by atomic mass is 32.2. The van der Waals surface area contributed by atoms with Crippen molar-refractivity contribution in [1.29, 1.82) is 0 Å². The van der Waals surface area contributed by atoms with E-state index < -0.39 is 10.9 Å². The van der Waals surface area contributed by atoms with E-state index in [9.17, 15) is 14.9 Å². The van der Waals surface area contributed by atoms with Gasteiger partial charge in [-0.25, -0.2) is 4.79 Å². The number of esters is 1. The average Bonchev–Trinajstić information content (AvgIpc) is 3.05. The highest BCUT2D eigenvalue weighted by molar-refractivity contribution is 7.99. The number of aryl methyl sites for hydroxylation is 2. The van der Waals surface area contributed by atoms with Crippen molar-refractivity contribution >= 4 is 23.4 Å². The van der Waals surface area contributed by atoms with Gasteiger partial charge in [-0.15, -0.1) is 10.2 Å². The molecule has 9 heteroatoms. The van der Waals surface area contributed by atoms with Crippen LogP contribution in [0.2, 0.25) is 0 Å². The van der Waals surface area contributed by atoms with Crippen LogP contribution in [0.25, 0.3) is 0 Å². The minimum absolute atomic E-state index is 0.106. The van der Waals surface area contributed by atoms with Crippen molar-refractivity contribution in [1.82, 2.24) is 14.8 Å². The first-order chi connectivity index (χ1) is 13.0. The van der Waals surface area contributed by atoms with E-state index in [1.54, 1.807) is 11.6 Å². The molecule has 2 aromatic carbocycles. The zero-order chi connectivity index (χ0) is 19.4. The normalized spacial score (nSPS) is 10.6. The first-order valence-corrected chi connectivity index (χ1v) is 8.79. The maximum Gasteiger partial charge on any atom is 0.338 e. The standard InChI is InChI=1S/C18H16N4O4S/c1-12-5-3-4-6-14(12)10-26-17(23)13-7-8-16(15(9-13)22(24)25)27-18-20-19-11-21(18)2/h3-9,11H,10H2,1-2H3. The zero-order valence-electron chi connectivity index (χ0n) is 14.7. The molecule has 0 N–H and O–H groups in total. The number of nitro groups is 1. The number of rotatable bonds is 6. The number of carbonyl (C=O) groups excluding carboxylic acids is 1. The number of hydrogen-bond acceptors (Lipinski definition) is 7. The van der Waals surface area contributed by atoms with Gasteiger partial charge in [-0.1, -0.05) is 24.3 Å². The Balaban J connectivity index is 1.79. The quantitative estimate of drug-likeness (QED) is 0.364. The van der Waals surface area contributed by atoms with Crippen molar-refractivity contribution in [3.05, 3.63) is 75.6 Å². The largest absolute Gasteiger partial charge is 0.457 e. The monoisotopic (exact) mass is 384 g/mol. The predicted octanol–water partition coefficient (Wildman–Crippen LogP) is 3.54. The van der Waals surface area contributed by atoms with E-state index in [1.807, 2.05) is 31.2 Å². The van der Waals surface area contributed by atoms with Crippen molar-refractivity contribution in [2.75, 3.05) is 0 Å². The van der Waals surface area contributed by atoms with Gasteiger partial charge in [0, 0.05) is 13.1 Å². The van der Waals surface area contributed by atoms with E-state index in [0.29, 0.717) is 10.1 Å². The van der Waals surface area contributed by atoms with Crippen LogP contribution in [0.15, 0.2) is 58.8 Å². The number of ether oxygens (including phenoxy) is 1. The predicted molar refractivity (Wildman–Crippen MR) is 98.5 cm³/mol. The zero-order valence-corrected chi connectivity index (χ0v) is 15.5. The van der Waals surface area contributed by atoms with Crippen molar-refractivity contribution in [2.45, 2.75) is 23.6 Å². The van der Waals surface area contributed by atoms with Crippen molar-refractivity contribution in [3.63, 3.8) is 0 Å². The van der Waals surface area contributed by atoms with Crippen LogP contribution in [0.3, 0.4) is 0 Å². The second kappa shape index (κ2) is 8.00. The topological polar surface area (TPSA) is 100 Å². The molecule has 0 aliphatic rings. The molecule has 0 amide bonds. The molecular weight excluding hydrogens is 368 g/mol. The van der Waals surface area contributed by atoms with Crippen LogP contribution in [-0.4, -0.2) is 25.7 Å². The second-order valence-electron chi connectivity index (χ2n) is 5.77. The third kappa shape index (κ3) is 4.32. The van der Waals surface area contributed by atoms with Gasteiger partial charge >= 0.3 is 5.97 Å². The summed E-state index contributed by atoms with van der Waals surface area (Å²) in [5, 5.41) is 19.6. The molecular formula is C18H16N4O4S.